The molecule has 2 aliphatic rings. The van der Waals surface area contributed by atoms with Gasteiger partial charge in [0.15, 0.2) is 0 Å². The maximum absolute atomic E-state index is 2.63. The molecule has 1 heteroatoms. The van der Waals surface area contributed by atoms with Crippen molar-refractivity contribution in [1.82, 2.24) is 4.90 Å². The molecule has 1 aliphatic carbocycles. The van der Waals surface area contributed by atoms with Gasteiger partial charge in [-0.15, -0.1) is 0 Å². The summed E-state index contributed by atoms with van der Waals surface area (Å²) in [6.07, 6.45) is 5.98. The Morgan fingerprint density at radius 1 is 1.30 bits per heavy atom. The molecule has 1 aliphatic heterocycles. The lowest BCUT2D eigenvalue weighted by Gasteiger charge is -2.50. The van der Waals surface area contributed by atoms with Crippen LogP contribution in [-0.4, -0.2) is 24.0 Å². The fourth-order valence-corrected chi connectivity index (χ4v) is 2.54. The fourth-order valence-electron chi connectivity index (χ4n) is 2.54. The Kier molecular flexibility index (Phi) is 1.69. The molecule has 2 rings (SSSR count). The normalized spacial score (nSPS) is 40.5. The van der Waals surface area contributed by atoms with Gasteiger partial charge in [-0.3, -0.25) is 0 Å². The Morgan fingerprint density at radius 2 is 2.10 bits per heavy atom. The molecule has 1 saturated heterocycles. The van der Waals surface area contributed by atoms with Crippen LogP contribution in [0.25, 0.3) is 0 Å². The summed E-state index contributed by atoms with van der Waals surface area (Å²) in [5, 5.41) is 0. The molecule has 0 N–H and O–H groups in total. The largest absolute Gasteiger partial charge is 0.300 e. The summed E-state index contributed by atoms with van der Waals surface area (Å²) >= 11 is 0. The maximum atomic E-state index is 2.63. The molecule has 0 aromatic heterocycles. The van der Waals surface area contributed by atoms with E-state index < -0.39 is 0 Å². The molecule has 1 nitrogen and oxygen atoms in total. The van der Waals surface area contributed by atoms with E-state index in [-0.39, 0.29) is 0 Å². The third-order valence-corrected chi connectivity index (χ3v) is 3.21. The summed E-state index contributed by atoms with van der Waals surface area (Å²) in [6, 6.07) is 0.999. The molecule has 0 bridgehead atoms. The van der Waals surface area contributed by atoms with Crippen LogP contribution in [0.4, 0.5) is 0 Å². The van der Waals surface area contributed by atoms with Crippen LogP contribution < -0.4 is 0 Å². The highest BCUT2D eigenvalue weighted by atomic mass is 15.2. The zero-order valence-corrected chi connectivity index (χ0v) is 6.84. The number of fused-ring (bicyclic) bond motifs is 1. The molecule has 2 unspecified atom stereocenters. The van der Waals surface area contributed by atoms with Gasteiger partial charge in [0.25, 0.3) is 0 Å². The quantitative estimate of drug-likeness (QED) is 0.536. The monoisotopic (exact) mass is 139 g/mol. The van der Waals surface area contributed by atoms with Crippen LogP contribution in [0.3, 0.4) is 0 Å². The molecule has 58 valence electrons. The minimum Gasteiger partial charge on any atom is -0.300 e. The lowest BCUT2D eigenvalue weighted by molar-refractivity contribution is -0.00953. The third kappa shape index (κ3) is 0.878. The van der Waals surface area contributed by atoms with Gasteiger partial charge in [0.1, 0.15) is 0 Å². The number of rotatable bonds is 1. The van der Waals surface area contributed by atoms with E-state index in [9.17, 15) is 0 Å². The summed E-state index contributed by atoms with van der Waals surface area (Å²) in [4.78, 5) is 2.63. The zero-order valence-electron chi connectivity index (χ0n) is 6.84. The van der Waals surface area contributed by atoms with Crippen molar-refractivity contribution in [2.45, 2.75) is 38.6 Å². The number of likely N-dealkylation sites (tertiary alicyclic amines) is 1. The van der Waals surface area contributed by atoms with Crippen molar-refractivity contribution < 1.29 is 0 Å². The molecule has 0 amide bonds. The van der Waals surface area contributed by atoms with Crippen LogP contribution in [0.5, 0.6) is 0 Å². The first-order valence-corrected chi connectivity index (χ1v) is 4.66. The second-order valence-electron chi connectivity index (χ2n) is 3.70. The van der Waals surface area contributed by atoms with Gasteiger partial charge >= 0.3 is 0 Å². The van der Waals surface area contributed by atoms with Crippen molar-refractivity contribution in [2.75, 3.05) is 13.1 Å². The lowest BCUT2D eigenvalue weighted by atomic mass is 9.77. The Balaban J connectivity index is 1.89. The highest BCUT2D eigenvalue weighted by Crippen LogP contribution is 2.36. The van der Waals surface area contributed by atoms with Crippen molar-refractivity contribution in [3.8, 4) is 0 Å². The van der Waals surface area contributed by atoms with E-state index in [1.807, 2.05) is 0 Å². The standard InChI is InChI=1S/C9H17N/c1-2-10-7-8-5-3-4-6-9(8)10/h8-9H,2-7H2,1H3. The van der Waals surface area contributed by atoms with Gasteiger partial charge in [0.05, 0.1) is 0 Å². The predicted molar refractivity (Wildman–Crippen MR) is 43.0 cm³/mol. The fraction of sp³-hybridized carbons (Fsp3) is 1.00. The zero-order chi connectivity index (χ0) is 6.97. The Hall–Kier alpha value is -0.0400. The summed E-state index contributed by atoms with van der Waals surface area (Å²) in [5.41, 5.74) is 0. The van der Waals surface area contributed by atoms with Crippen molar-refractivity contribution in [3.63, 3.8) is 0 Å². The number of hydrogen-bond acceptors (Lipinski definition) is 1. The highest BCUT2D eigenvalue weighted by Gasteiger charge is 2.38. The average Bonchev–Trinajstić information content (AvgIpc) is 1.92. The van der Waals surface area contributed by atoms with Crippen LogP contribution in [-0.2, 0) is 0 Å². The van der Waals surface area contributed by atoms with Gasteiger partial charge in [-0.2, -0.15) is 0 Å². The molecule has 0 aromatic rings. The van der Waals surface area contributed by atoms with E-state index in [0.29, 0.717) is 0 Å². The summed E-state index contributed by atoms with van der Waals surface area (Å²) in [5.74, 6) is 1.09. The first-order chi connectivity index (χ1) is 4.92. The van der Waals surface area contributed by atoms with Crippen LogP contribution in [0.2, 0.25) is 0 Å². The van der Waals surface area contributed by atoms with E-state index >= 15 is 0 Å². The molecule has 1 heterocycles. The summed E-state index contributed by atoms with van der Waals surface area (Å²) in [7, 11) is 0. The van der Waals surface area contributed by atoms with Crippen LogP contribution in [0.1, 0.15) is 32.6 Å². The second-order valence-corrected chi connectivity index (χ2v) is 3.70. The van der Waals surface area contributed by atoms with E-state index in [4.69, 9.17) is 0 Å². The van der Waals surface area contributed by atoms with E-state index in [2.05, 4.69) is 11.8 Å². The van der Waals surface area contributed by atoms with Gasteiger partial charge in [-0.1, -0.05) is 19.8 Å². The lowest BCUT2D eigenvalue weighted by Crippen LogP contribution is -2.56. The molecule has 10 heavy (non-hydrogen) atoms. The van der Waals surface area contributed by atoms with Gasteiger partial charge < -0.3 is 4.90 Å². The van der Waals surface area contributed by atoms with Gasteiger partial charge in [-0.25, -0.2) is 0 Å². The summed E-state index contributed by atoms with van der Waals surface area (Å²) in [6.45, 7) is 4.97. The van der Waals surface area contributed by atoms with Gasteiger partial charge in [-0.05, 0) is 25.3 Å². The van der Waals surface area contributed by atoms with E-state index in [0.717, 1.165) is 12.0 Å². The molecule has 0 aromatic carbocycles. The topological polar surface area (TPSA) is 3.24 Å². The minimum atomic E-state index is 0.999. The first-order valence-electron chi connectivity index (χ1n) is 4.66. The Bertz CT molecular complexity index is 118. The SMILES string of the molecule is CCN1CC2CCCCC21. The minimum absolute atomic E-state index is 0.999. The van der Waals surface area contributed by atoms with Crippen molar-refractivity contribution in [1.29, 1.82) is 0 Å². The highest BCUT2D eigenvalue weighted by molar-refractivity contribution is 4.93. The smallest absolute Gasteiger partial charge is 0.0136 e. The molecular weight excluding hydrogens is 122 g/mol. The molecule has 1 saturated carbocycles. The Labute approximate surface area is 63.4 Å². The molecule has 0 spiro atoms. The molecular formula is C9H17N. The number of nitrogens with zero attached hydrogens (tertiary/aromatic N) is 1. The number of hydrogen-bond donors (Lipinski definition) is 0. The second kappa shape index (κ2) is 2.54. The average molecular weight is 139 g/mol. The van der Waals surface area contributed by atoms with Crippen molar-refractivity contribution in [3.05, 3.63) is 0 Å². The van der Waals surface area contributed by atoms with E-state index in [1.54, 1.807) is 0 Å². The van der Waals surface area contributed by atoms with Crippen LogP contribution in [0, 0.1) is 5.92 Å². The Morgan fingerprint density at radius 3 is 2.80 bits per heavy atom. The molecule has 2 atom stereocenters. The van der Waals surface area contributed by atoms with Crippen LogP contribution >= 0.6 is 0 Å². The molecule has 0 radical (unpaired) electrons. The molecule has 2 fully saturated rings. The van der Waals surface area contributed by atoms with Gasteiger partial charge in [0.2, 0.25) is 0 Å². The van der Waals surface area contributed by atoms with E-state index in [1.165, 1.54) is 38.8 Å². The maximum Gasteiger partial charge on any atom is 0.0136 e. The third-order valence-electron chi connectivity index (χ3n) is 3.21. The van der Waals surface area contributed by atoms with Gasteiger partial charge in [0, 0.05) is 12.6 Å². The summed E-state index contributed by atoms with van der Waals surface area (Å²) < 4.78 is 0. The predicted octanol–water partition coefficient (Wildman–Crippen LogP) is 1.88. The van der Waals surface area contributed by atoms with Crippen molar-refractivity contribution in [2.24, 2.45) is 5.92 Å². The van der Waals surface area contributed by atoms with Crippen LogP contribution in [0.15, 0.2) is 0 Å². The van der Waals surface area contributed by atoms with Crippen molar-refractivity contribution >= 4 is 0 Å². The first kappa shape index (κ1) is 6.66.